The van der Waals surface area contributed by atoms with Crippen LogP contribution < -0.4 is 9.64 Å². The van der Waals surface area contributed by atoms with Gasteiger partial charge in [-0.3, -0.25) is 19.3 Å². The molecule has 0 aliphatic carbocycles. The Morgan fingerprint density at radius 3 is 2.86 bits per heavy atom. The Morgan fingerprint density at radius 1 is 1.45 bits per heavy atom. The summed E-state index contributed by atoms with van der Waals surface area (Å²) in [5.41, 5.74) is 0.527. The van der Waals surface area contributed by atoms with Gasteiger partial charge in [-0.15, -0.1) is 0 Å². The fourth-order valence-corrected chi connectivity index (χ4v) is 2.34. The highest BCUT2D eigenvalue weighted by atomic mass is 79.9. The van der Waals surface area contributed by atoms with Crippen LogP contribution in [0, 0.1) is 0 Å². The monoisotopic (exact) mass is 370 g/mol. The van der Waals surface area contributed by atoms with Gasteiger partial charge in [0.25, 0.3) is 5.91 Å². The van der Waals surface area contributed by atoms with Gasteiger partial charge in [-0.05, 0) is 18.2 Å². The summed E-state index contributed by atoms with van der Waals surface area (Å²) in [6.45, 7) is -0.178. The summed E-state index contributed by atoms with van der Waals surface area (Å²) in [7, 11) is 1.51. The summed E-state index contributed by atoms with van der Waals surface area (Å²) in [4.78, 5) is 37.3. The van der Waals surface area contributed by atoms with Crippen LogP contribution in [0.15, 0.2) is 22.7 Å². The first-order valence-corrected chi connectivity index (χ1v) is 7.36. The SMILES string of the molecule is CN(CCC(=O)O)C(=O)CN1C(=O)COc2cc(Br)ccc21. The predicted molar refractivity (Wildman–Crippen MR) is 81.9 cm³/mol. The molecule has 0 atom stereocenters. The maximum Gasteiger partial charge on any atom is 0.305 e. The van der Waals surface area contributed by atoms with Crippen molar-refractivity contribution in [3.63, 3.8) is 0 Å². The summed E-state index contributed by atoms with van der Waals surface area (Å²) >= 11 is 3.32. The predicted octanol–water partition coefficient (Wildman–Crippen LogP) is 1.11. The van der Waals surface area contributed by atoms with Crippen molar-refractivity contribution in [1.82, 2.24) is 4.90 Å². The average Bonchev–Trinajstić information content (AvgIpc) is 2.47. The molecule has 0 saturated heterocycles. The number of hydrogen-bond donors (Lipinski definition) is 1. The van der Waals surface area contributed by atoms with E-state index in [1.165, 1.54) is 16.8 Å². The fourth-order valence-electron chi connectivity index (χ4n) is 2.00. The maximum atomic E-state index is 12.1. The van der Waals surface area contributed by atoms with Gasteiger partial charge in [0, 0.05) is 18.1 Å². The molecule has 1 aliphatic heterocycles. The van der Waals surface area contributed by atoms with Gasteiger partial charge in [-0.1, -0.05) is 15.9 Å². The second-order valence-electron chi connectivity index (χ2n) is 4.84. The lowest BCUT2D eigenvalue weighted by Gasteiger charge is -2.30. The topological polar surface area (TPSA) is 87.2 Å². The van der Waals surface area contributed by atoms with Crippen LogP contribution in [-0.4, -0.2) is 54.5 Å². The molecule has 2 rings (SSSR count). The molecule has 0 spiro atoms. The van der Waals surface area contributed by atoms with E-state index in [0.717, 1.165) is 4.47 Å². The lowest BCUT2D eigenvalue weighted by molar-refractivity contribution is -0.138. The first-order chi connectivity index (χ1) is 10.4. The van der Waals surface area contributed by atoms with Crippen LogP contribution in [0.1, 0.15) is 6.42 Å². The van der Waals surface area contributed by atoms with E-state index in [9.17, 15) is 14.4 Å². The number of carbonyl (C=O) groups excluding carboxylic acids is 2. The number of benzene rings is 1. The van der Waals surface area contributed by atoms with E-state index in [4.69, 9.17) is 9.84 Å². The number of fused-ring (bicyclic) bond motifs is 1. The molecule has 0 fully saturated rings. The standard InChI is InChI=1S/C14H15BrN2O5/c1-16(5-4-14(20)21)12(18)7-17-10-3-2-9(15)6-11(10)22-8-13(17)19/h2-3,6H,4-5,7-8H2,1H3,(H,20,21). The van der Waals surface area contributed by atoms with Crippen LogP contribution in [0.3, 0.4) is 0 Å². The van der Waals surface area contributed by atoms with Crippen LogP contribution in [0.4, 0.5) is 5.69 Å². The first-order valence-electron chi connectivity index (χ1n) is 6.57. The van der Waals surface area contributed by atoms with E-state index in [1.807, 2.05) is 0 Å². The second kappa shape index (κ2) is 6.78. The van der Waals surface area contributed by atoms with Crippen LogP contribution in [-0.2, 0) is 14.4 Å². The number of ether oxygens (including phenoxy) is 1. The minimum Gasteiger partial charge on any atom is -0.482 e. The lowest BCUT2D eigenvalue weighted by Crippen LogP contribution is -2.45. The summed E-state index contributed by atoms with van der Waals surface area (Å²) < 4.78 is 6.15. The molecule has 2 amide bonds. The van der Waals surface area contributed by atoms with Gasteiger partial charge >= 0.3 is 5.97 Å². The molecular weight excluding hydrogens is 356 g/mol. The van der Waals surface area contributed by atoms with Crippen molar-refractivity contribution in [3.8, 4) is 5.75 Å². The van der Waals surface area contributed by atoms with Crippen molar-refractivity contribution >= 4 is 39.4 Å². The summed E-state index contributed by atoms with van der Waals surface area (Å²) in [6.07, 6.45) is -0.136. The highest BCUT2D eigenvalue weighted by Crippen LogP contribution is 2.34. The first kappa shape index (κ1) is 16.3. The molecule has 0 bridgehead atoms. The molecule has 1 aromatic rings. The summed E-state index contributed by atoms with van der Waals surface area (Å²) in [5, 5.41) is 8.64. The number of anilines is 1. The van der Waals surface area contributed by atoms with E-state index in [2.05, 4.69) is 15.9 Å². The summed E-state index contributed by atoms with van der Waals surface area (Å²) in [6, 6.07) is 5.18. The Balaban J connectivity index is 2.10. The molecule has 8 heteroatoms. The van der Waals surface area contributed by atoms with E-state index in [1.54, 1.807) is 18.2 Å². The van der Waals surface area contributed by atoms with Gasteiger partial charge in [-0.2, -0.15) is 0 Å². The molecule has 0 unspecified atom stereocenters. The largest absolute Gasteiger partial charge is 0.482 e. The van der Waals surface area contributed by atoms with Crippen molar-refractivity contribution in [1.29, 1.82) is 0 Å². The van der Waals surface area contributed by atoms with Crippen LogP contribution >= 0.6 is 15.9 Å². The van der Waals surface area contributed by atoms with Crippen LogP contribution in [0.25, 0.3) is 0 Å². The molecule has 1 aromatic carbocycles. The third-order valence-electron chi connectivity index (χ3n) is 3.25. The Morgan fingerprint density at radius 2 is 2.18 bits per heavy atom. The molecule has 0 radical (unpaired) electrons. The van der Waals surface area contributed by atoms with Crippen molar-refractivity contribution in [2.45, 2.75) is 6.42 Å². The number of rotatable bonds is 5. The minimum absolute atomic E-state index is 0.0971. The molecule has 1 aliphatic rings. The van der Waals surface area contributed by atoms with Gasteiger partial charge in [0.2, 0.25) is 5.91 Å². The Labute approximate surface area is 135 Å². The molecule has 118 valence electrons. The van der Waals surface area contributed by atoms with Gasteiger partial charge in [0.1, 0.15) is 12.3 Å². The normalized spacial score (nSPS) is 13.4. The van der Waals surface area contributed by atoms with E-state index < -0.39 is 5.97 Å². The van der Waals surface area contributed by atoms with Crippen molar-refractivity contribution in [3.05, 3.63) is 22.7 Å². The Bertz CT molecular complexity index is 619. The zero-order valence-electron chi connectivity index (χ0n) is 11.9. The Kier molecular flexibility index (Phi) is 5.02. The van der Waals surface area contributed by atoms with Crippen LogP contribution in [0.5, 0.6) is 5.75 Å². The third kappa shape index (κ3) is 3.76. The number of carbonyl (C=O) groups is 3. The van der Waals surface area contributed by atoms with Gasteiger partial charge in [0.15, 0.2) is 6.61 Å². The Hall–Kier alpha value is -2.09. The van der Waals surface area contributed by atoms with E-state index in [0.29, 0.717) is 11.4 Å². The number of carboxylic acid groups (broad SMARTS) is 1. The quantitative estimate of drug-likeness (QED) is 0.838. The van der Waals surface area contributed by atoms with Crippen molar-refractivity contribution in [2.75, 3.05) is 31.6 Å². The molecule has 0 aromatic heterocycles. The number of halogens is 1. The molecule has 7 nitrogen and oxygen atoms in total. The van der Waals surface area contributed by atoms with Gasteiger partial charge < -0.3 is 14.7 Å². The van der Waals surface area contributed by atoms with Crippen molar-refractivity contribution < 1.29 is 24.2 Å². The average molecular weight is 371 g/mol. The number of carboxylic acids is 1. The van der Waals surface area contributed by atoms with Crippen LogP contribution in [0.2, 0.25) is 0 Å². The molecule has 0 saturated carbocycles. The van der Waals surface area contributed by atoms with E-state index in [-0.39, 0.29) is 37.9 Å². The zero-order valence-corrected chi connectivity index (χ0v) is 13.5. The smallest absolute Gasteiger partial charge is 0.305 e. The highest BCUT2D eigenvalue weighted by molar-refractivity contribution is 9.10. The molecular formula is C14H15BrN2O5. The zero-order chi connectivity index (χ0) is 16.3. The number of aliphatic carboxylic acids is 1. The number of hydrogen-bond acceptors (Lipinski definition) is 4. The van der Waals surface area contributed by atoms with Crippen molar-refractivity contribution in [2.24, 2.45) is 0 Å². The maximum absolute atomic E-state index is 12.1. The highest BCUT2D eigenvalue weighted by Gasteiger charge is 2.28. The number of nitrogens with zero attached hydrogens (tertiary/aromatic N) is 2. The molecule has 1 heterocycles. The molecule has 22 heavy (non-hydrogen) atoms. The van der Waals surface area contributed by atoms with Gasteiger partial charge in [0.05, 0.1) is 12.1 Å². The van der Waals surface area contributed by atoms with Gasteiger partial charge in [-0.25, -0.2) is 0 Å². The molecule has 1 N–H and O–H groups in total. The second-order valence-corrected chi connectivity index (χ2v) is 5.76. The number of amides is 2. The van der Waals surface area contributed by atoms with E-state index >= 15 is 0 Å². The lowest BCUT2D eigenvalue weighted by atomic mass is 10.2. The minimum atomic E-state index is -0.975. The summed E-state index contributed by atoms with van der Waals surface area (Å²) in [5.74, 6) is -1.09. The third-order valence-corrected chi connectivity index (χ3v) is 3.74. The fraction of sp³-hybridized carbons (Fsp3) is 0.357. The number of likely N-dealkylation sites (N-methyl/N-ethyl adjacent to an activating group) is 1.